The number of halogens is 1. The van der Waals surface area contributed by atoms with Gasteiger partial charge in [0.25, 0.3) is 5.91 Å². The van der Waals surface area contributed by atoms with E-state index in [0.717, 1.165) is 11.1 Å². The normalized spacial score (nSPS) is 10.4. The Labute approximate surface area is 181 Å². The first kappa shape index (κ1) is 21.5. The molecule has 0 bridgehead atoms. The minimum Gasteiger partial charge on any atom is -0.493 e. The number of hydrogen-bond acceptors (Lipinski definition) is 4. The fourth-order valence-electron chi connectivity index (χ4n) is 3.05. The van der Waals surface area contributed by atoms with E-state index in [0.29, 0.717) is 41.0 Å². The van der Waals surface area contributed by atoms with Crippen LogP contribution in [0.2, 0.25) is 5.02 Å². The Morgan fingerprint density at radius 2 is 1.53 bits per heavy atom. The third kappa shape index (κ3) is 5.05. The van der Waals surface area contributed by atoms with Crippen LogP contribution in [0, 0.1) is 0 Å². The lowest BCUT2D eigenvalue weighted by molar-refractivity contribution is 0.0784. The highest BCUT2D eigenvalue weighted by atomic mass is 35.5. The third-order valence-electron chi connectivity index (χ3n) is 4.65. The molecule has 0 aliphatic heterocycles. The van der Waals surface area contributed by atoms with Crippen molar-refractivity contribution in [3.63, 3.8) is 0 Å². The molecule has 3 aromatic carbocycles. The number of rotatable bonds is 8. The monoisotopic (exact) mass is 425 g/mol. The molecular weight excluding hydrogens is 402 g/mol. The quantitative estimate of drug-likeness (QED) is 0.497. The van der Waals surface area contributed by atoms with E-state index in [2.05, 4.69) is 0 Å². The molecule has 30 heavy (non-hydrogen) atoms. The number of carbonyl (C=O) groups is 1. The van der Waals surface area contributed by atoms with E-state index in [9.17, 15) is 4.79 Å². The first-order valence-electron chi connectivity index (χ1n) is 9.45. The Balaban J connectivity index is 1.83. The predicted molar refractivity (Wildman–Crippen MR) is 118 cm³/mol. The van der Waals surface area contributed by atoms with E-state index in [1.165, 1.54) is 14.2 Å². The Morgan fingerprint density at radius 1 is 0.933 bits per heavy atom. The van der Waals surface area contributed by atoms with Crippen LogP contribution in [0.15, 0.2) is 66.7 Å². The summed E-state index contributed by atoms with van der Waals surface area (Å²) in [5.74, 6) is 1.13. The number of methoxy groups -OCH3 is 2. The summed E-state index contributed by atoms with van der Waals surface area (Å²) < 4.78 is 16.9. The van der Waals surface area contributed by atoms with Crippen LogP contribution in [-0.4, -0.2) is 32.1 Å². The van der Waals surface area contributed by atoms with Gasteiger partial charge in [-0.25, -0.2) is 0 Å². The van der Waals surface area contributed by atoms with Gasteiger partial charge >= 0.3 is 0 Å². The molecule has 0 aliphatic rings. The Morgan fingerprint density at radius 3 is 2.13 bits per heavy atom. The predicted octanol–water partition coefficient (Wildman–Crippen LogP) is 5.21. The second-order valence-electron chi connectivity index (χ2n) is 6.74. The summed E-state index contributed by atoms with van der Waals surface area (Å²) in [4.78, 5) is 14.6. The highest BCUT2D eigenvalue weighted by Crippen LogP contribution is 2.39. The topological polar surface area (TPSA) is 48.0 Å². The Bertz CT molecular complexity index is 982. The van der Waals surface area contributed by atoms with Gasteiger partial charge < -0.3 is 19.1 Å². The number of hydrogen-bond donors (Lipinski definition) is 0. The van der Waals surface area contributed by atoms with E-state index >= 15 is 0 Å². The maximum absolute atomic E-state index is 13.0. The molecule has 0 radical (unpaired) electrons. The van der Waals surface area contributed by atoms with E-state index in [1.807, 2.05) is 48.5 Å². The molecule has 0 atom stereocenters. The van der Waals surface area contributed by atoms with Crippen LogP contribution in [0.4, 0.5) is 0 Å². The summed E-state index contributed by atoms with van der Waals surface area (Å²) in [6, 6.07) is 20.6. The van der Waals surface area contributed by atoms with Crippen molar-refractivity contribution >= 4 is 17.5 Å². The highest BCUT2D eigenvalue weighted by Gasteiger charge is 2.20. The summed E-state index contributed by atoms with van der Waals surface area (Å²) in [5, 5.41) is 0.622. The van der Waals surface area contributed by atoms with Crippen molar-refractivity contribution in [1.82, 2.24) is 4.90 Å². The zero-order valence-corrected chi connectivity index (χ0v) is 18.0. The molecule has 0 fully saturated rings. The summed E-state index contributed by atoms with van der Waals surface area (Å²) >= 11 is 6.23. The molecule has 0 heterocycles. The Hall–Kier alpha value is -3.18. The number of amides is 1. The van der Waals surface area contributed by atoms with Crippen molar-refractivity contribution in [1.29, 1.82) is 0 Å². The van der Waals surface area contributed by atoms with Crippen LogP contribution in [0.25, 0.3) is 0 Å². The van der Waals surface area contributed by atoms with E-state index in [1.54, 1.807) is 30.1 Å². The summed E-state index contributed by atoms with van der Waals surface area (Å²) in [6.45, 7) is 0.739. The summed E-state index contributed by atoms with van der Waals surface area (Å²) in [6.07, 6.45) is 0. The second-order valence-corrected chi connectivity index (χ2v) is 7.14. The number of nitrogens with zero attached hydrogens (tertiary/aromatic N) is 1. The van der Waals surface area contributed by atoms with Crippen LogP contribution in [-0.2, 0) is 13.2 Å². The zero-order chi connectivity index (χ0) is 21.5. The average Bonchev–Trinajstić information content (AvgIpc) is 2.78. The minimum atomic E-state index is -0.180. The summed E-state index contributed by atoms with van der Waals surface area (Å²) in [7, 11) is 4.79. The van der Waals surface area contributed by atoms with Gasteiger partial charge in [0, 0.05) is 24.2 Å². The van der Waals surface area contributed by atoms with Crippen LogP contribution in [0.3, 0.4) is 0 Å². The van der Waals surface area contributed by atoms with Gasteiger partial charge in [0.1, 0.15) is 6.61 Å². The largest absolute Gasteiger partial charge is 0.493 e. The fraction of sp³-hybridized carbons (Fsp3) is 0.208. The molecule has 0 spiro atoms. The third-order valence-corrected chi connectivity index (χ3v) is 5.01. The van der Waals surface area contributed by atoms with Crippen LogP contribution < -0.4 is 14.2 Å². The zero-order valence-electron chi connectivity index (χ0n) is 17.2. The first-order valence-corrected chi connectivity index (χ1v) is 9.83. The molecule has 1 amide bonds. The Kier molecular flexibility index (Phi) is 7.20. The smallest absolute Gasteiger partial charge is 0.254 e. The van der Waals surface area contributed by atoms with Gasteiger partial charge in [0.2, 0.25) is 5.75 Å². The molecule has 156 valence electrons. The molecule has 0 aliphatic carbocycles. The van der Waals surface area contributed by atoms with Crippen LogP contribution in [0.5, 0.6) is 17.2 Å². The van der Waals surface area contributed by atoms with E-state index < -0.39 is 0 Å². The van der Waals surface area contributed by atoms with Crippen molar-refractivity contribution in [2.24, 2.45) is 0 Å². The first-order chi connectivity index (χ1) is 14.5. The van der Waals surface area contributed by atoms with Crippen molar-refractivity contribution in [3.05, 3.63) is 88.4 Å². The summed E-state index contributed by atoms with van der Waals surface area (Å²) in [5.41, 5.74) is 2.32. The van der Waals surface area contributed by atoms with Crippen molar-refractivity contribution in [2.75, 3.05) is 21.3 Å². The highest BCUT2D eigenvalue weighted by molar-refractivity contribution is 6.31. The second kappa shape index (κ2) is 10.0. The van der Waals surface area contributed by atoms with Crippen molar-refractivity contribution in [2.45, 2.75) is 13.2 Å². The molecule has 0 unspecified atom stereocenters. The van der Waals surface area contributed by atoms with Gasteiger partial charge in [-0.3, -0.25) is 4.79 Å². The van der Waals surface area contributed by atoms with Gasteiger partial charge in [0.15, 0.2) is 11.5 Å². The van der Waals surface area contributed by atoms with Gasteiger partial charge in [-0.1, -0.05) is 60.1 Å². The van der Waals surface area contributed by atoms with Crippen molar-refractivity contribution in [3.8, 4) is 17.2 Å². The maximum Gasteiger partial charge on any atom is 0.254 e. The van der Waals surface area contributed by atoms with Gasteiger partial charge in [-0.2, -0.15) is 0 Å². The van der Waals surface area contributed by atoms with Crippen LogP contribution in [0.1, 0.15) is 21.5 Å². The van der Waals surface area contributed by atoms with Gasteiger partial charge in [-0.05, 0) is 29.3 Å². The number of carbonyl (C=O) groups excluding carboxylic acids is 1. The molecule has 5 nitrogen and oxygen atoms in total. The molecule has 0 saturated carbocycles. The number of benzene rings is 3. The van der Waals surface area contributed by atoms with Crippen LogP contribution >= 0.6 is 11.6 Å². The molecular formula is C24H24ClNO4. The standard InChI is InChI=1S/C24H24ClNO4/c1-26(15-18-11-7-8-12-20(18)25)24(27)19-13-21(28-2)23(22(14-19)29-3)30-16-17-9-5-4-6-10-17/h4-14H,15-16H2,1-3H3. The average molecular weight is 426 g/mol. The van der Waals surface area contributed by atoms with Gasteiger partial charge in [-0.15, -0.1) is 0 Å². The molecule has 3 rings (SSSR count). The van der Waals surface area contributed by atoms with E-state index in [-0.39, 0.29) is 5.91 Å². The molecule has 0 saturated heterocycles. The maximum atomic E-state index is 13.0. The molecule has 0 aromatic heterocycles. The lowest BCUT2D eigenvalue weighted by Crippen LogP contribution is -2.26. The lowest BCUT2D eigenvalue weighted by atomic mass is 10.1. The minimum absolute atomic E-state index is 0.180. The van der Waals surface area contributed by atoms with Crippen molar-refractivity contribution < 1.29 is 19.0 Å². The fourth-order valence-corrected chi connectivity index (χ4v) is 3.25. The molecule has 3 aromatic rings. The molecule has 0 N–H and O–H groups in total. The lowest BCUT2D eigenvalue weighted by Gasteiger charge is -2.20. The van der Waals surface area contributed by atoms with E-state index in [4.69, 9.17) is 25.8 Å². The SMILES string of the molecule is COc1cc(C(=O)N(C)Cc2ccccc2Cl)cc(OC)c1OCc1ccccc1. The number of ether oxygens (including phenoxy) is 3. The molecule has 6 heteroatoms. The van der Waals surface area contributed by atoms with Gasteiger partial charge in [0.05, 0.1) is 14.2 Å².